The van der Waals surface area contributed by atoms with Crippen molar-refractivity contribution in [3.63, 3.8) is 0 Å². The van der Waals surface area contributed by atoms with Gasteiger partial charge in [0.25, 0.3) is 0 Å². The highest BCUT2D eigenvalue weighted by molar-refractivity contribution is 6.31. The van der Waals surface area contributed by atoms with Crippen molar-refractivity contribution in [2.45, 2.75) is 20.0 Å². The lowest BCUT2D eigenvalue weighted by atomic mass is 10.1. The van der Waals surface area contributed by atoms with Crippen LogP contribution in [0.5, 0.6) is 0 Å². The van der Waals surface area contributed by atoms with Gasteiger partial charge >= 0.3 is 6.18 Å². The Morgan fingerprint density at radius 2 is 1.96 bits per heavy atom. The van der Waals surface area contributed by atoms with E-state index in [1.807, 2.05) is 0 Å². The number of rotatable bonds is 6. The average molecular weight is 363 g/mol. The zero-order valence-electron chi connectivity index (χ0n) is 13.3. The van der Waals surface area contributed by atoms with E-state index in [-0.39, 0.29) is 18.0 Å². The minimum absolute atomic E-state index is 0.109. The lowest BCUT2D eigenvalue weighted by Crippen LogP contribution is -2.39. The van der Waals surface area contributed by atoms with Crippen LogP contribution in [0, 0.1) is 0 Å². The van der Waals surface area contributed by atoms with Crippen LogP contribution in [-0.2, 0) is 15.8 Å². The molecule has 0 aliphatic carbocycles. The van der Waals surface area contributed by atoms with Crippen LogP contribution in [0.4, 0.5) is 13.2 Å². The Hall–Kier alpha value is -2.02. The number of nitrogens with one attached hydrogen (secondary N) is 1. The van der Waals surface area contributed by atoms with Gasteiger partial charge in [0, 0.05) is 19.2 Å². The maximum Gasteiger partial charge on any atom is 0.417 e. The van der Waals surface area contributed by atoms with E-state index >= 15 is 0 Å². The molecule has 8 heteroatoms. The van der Waals surface area contributed by atoms with Crippen molar-refractivity contribution in [3.8, 4) is 0 Å². The normalized spacial score (nSPS) is 11.6. The second-order valence-corrected chi connectivity index (χ2v) is 5.28. The number of carbonyl (C=O) groups is 2. The fourth-order valence-corrected chi connectivity index (χ4v) is 2.13. The first-order valence-corrected chi connectivity index (χ1v) is 7.67. The molecule has 1 rings (SSSR count). The molecule has 2 amide bonds. The summed E-state index contributed by atoms with van der Waals surface area (Å²) in [5, 5.41) is 2.17. The third-order valence-electron chi connectivity index (χ3n) is 3.12. The highest BCUT2D eigenvalue weighted by atomic mass is 35.5. The number of amides is 2. The highest BCUT2D eigenvalue weighted by Gasteiger charge is 2.33. The van der Waals surface area contributed by atoms with Crippen molar-refractivity contribution in [1.82, 2.24) is 10.2 Å². The number of carbonyl (C=O) groups excluding carboxylic acids is 2. The molecule has 1 N–H and O–H groups in total. The number of alkyl halides is 3. The van der Waals surface area contributed by atoms with E-state index in [0.29, 0.717) is 13.1 Å². The number of benzene rings is 1. The van der Waals surface area contributed by atoms with Gasteiger partial charge in [0.2, 0.25) is 11.8 Å². The number of hydrogen-bond donors (Lipinski definition) is 1. The molecular formula is C16H18ClF3N2O2. The maximum absolute atomic E-state index is 12.8. The van der Waals surface area contributed by atoms with E-state index < -0.39 is 22.7 Å². The number of halogens is 4. The van der Waals surface area contributed by atoms with Gasteiger partial charge in [0.05, 0.1) is 17.1 Å². The van der Waals surface area contributed by atoms with Crippen LogP contribution in [0.1, 0.15) is 25.0 Å². The van der Waals surface area contributed by atoms with Gasteiger partial charge < -0.3 is 10.2 Å². The second-order valence-electron chi connectivity index (χ2n) is 4.88. The van der Waals surface area contributed by atoms with Gasteiger partial charge in [-0.2, -0.15) is 13.2 Å². The van der Waals surface area contributed by atoms with Gasteiger partial charge in [-0.1, -0.05) is 17.7 Å². The molecular weight excluding hydrogens is 345 g/mol. The molecule has 4 nitrogen and oxygen atoms in total. The van der Waals surface area contributed by atoms with Crippen LogP contribution in [0.15, 0.2) is 24.3 Å². The van der Waals surface area contributed by atoms with Gasteiger partial charge in [-0.25, -0.2) is 0 Å². The summed E-state index contributed by atoms with van der Waals surface area (Å²) < 4.78 is 38.4. The molecule has 0 saturated heterocycles. The van der Waals surface area contributed by atoms with Crippen molar-refractivity contribution >= 4 is 29.5 Å². The molecule has 1 aromatic rings. The third-order valence-corrected chi connectivity index (χ3v) is 3.45. The predicted octanol–water partition coefficient (Wildman–Crippen LogP) is 3.36. The van der Waals surface area contributed by atoms with E-state index in [2.05, 4.69) is 5.32 Å². The first-order valence-electron chi connectivity index (χ1n) is 7.29. The summed E-state index contributed by atoms with van der Waals surface area (Å²) in [5.74, 6) is -0.765. The van der Waals surface area contributed by atoms with Crippen LogP contribution in [-0.4, -0.2) is 36.3 Å². The summed E-state index contributed by atoms with van der Waals surface area (Å²) in [7, 11) is 0. The van der Waals surface area contributed by atoms with Crippen LogP contribution in [0.3, 0.4) is 0 Å². The molecule has 24 heavy (non-hydrogen) atoms. The number of likely N-dealkylation sites (N-methyl/N-ethyl adjacent to an activating group) is 2. The van der Waals surface area contributed by atoms with Crippen molar-refractivity contribution in [1.29, 1.82) is 0 Å². The quantitative estimate of drug-likeness (QED) is 0.789. The molecule has 0 spiro atoms. The van der Waals surface area contributed by atoms with E-state index in [9.17, 15) is 22.8 Å². The summed E-state index contributed by atoms with van der Waals surface area (Å²) in [6.45, 7) is 4.10. The molecule has 1 aromatic carbocycles. The number of nitrogens with zero attached hydrogens (tertiary/aromatic N) is 1. The maximum atomic E-state index is 12.8. The molecule has 132 valence electrons. The summed E-state index contributed by atoms with van der Waals surface area (Å²) in [6.07, 6.45) is -2.18. The molecule has 0 bridgehead atoms. The molecule has 0 aliphatic rings. The van der Waals surface area contributed by atoms with Gasteiger partial charge in [0.15, 0.2) is 0 Å². The summed E-state index contributed by atoms with van der Waals surface area (Å²) in [4.78, 5) is 24.8. The largest absolute Gasteiger partial charge is 0.417 e. The van der Waals surface area contributed by atoms with E-state index in [0.717, 1.165) is 18.2 Å². The van der Waals surface area contributed by atoms with E-state index in [1.165, 1.54) is 17.0 Å². The van der Waals surface area contributed by atoms with Gasteiger partial charge in [-0.15, -0.1) is 0 Å². The van der Waals surface area contributed by atoms with E-state index in [1.54, 1.807) is 13.8 Å². The molecule has 0 atom stereocenters. The zero-order valence-corrected chi connectivity index (χ0v) is 14.0. The summed E-state index contributed by atoms with van der Waals surface area (Å²) in [5.41, 5.74) is -0.775. The van der Waals surface area contributed by atoms with Crippen LogP contribution in [0.2, 0.25) is 5.02 Å². The Morgan fingerprint density at radius 3 is 2.50 bits per heavy atom. The molecule has 0 aliphatic heterocycles. The van der Waals surface area contributed by atoms with Gasteiger partial charge in [0.1, 0.15) is 0 Å². The molecule has 0 unspecified atom stereocenters. The summed E-state index contributed by atoms with van der Waals surface area (Å²) >= 11 is 5.54. The Labute approximate surface area is 143 Å². The lowest BCUT2D eigenvalue weighted by molar-refractivity contribution is -0.137. The minimum atomic E-state index is -4.57. The van der Waals surface area contributed by atoms with Crippen LogP contribution >= 0.6 is 11.6 Å². The standard InChI is InChI=1S/C16H18ClF3N2O2/c1-3-21-14(23)10-22(4-2)15(24)8-6-11-5-7-13(17)12(9-11)16(18,19)20/h5-9H,3-4,10H2,1-2H3,(H,21,23)/b8-6+. The monoisotopic (exact) mass is 362 g/mol. The Morgan fingerprint density at radius 1 is 1.29 bits per heavy atom. The lowest BCUT2D eigenvalue weighted by Gasteiger charge is -2.18. The first kappa shape index (κ1) is 20.0. The summed E-state index contributed by atoms with van der Waals surface area (Å²) in [6, 6.07) is 3.37. The molecule has 0 fully saturated rings. The van der Waals surface area contributed by atoms with Crippen LogP contribution in [0.25, 0.3) is 6.08 Å². The topological polar surface area (TPSA) is 49.4 Å². The van der Waals surface area contributed by atoms with Crippen LogP contribution < -0.4 is 5.32 Å². The Bertz CT molecular complexity index is 630. The highest BCUT2D eigenvalue weighted by Crippen LogP contribution is 2.35. The predicted molar refractivity (Wildman–Crippen MR) is 86.4 cm³/mol. The SMILES string of the molecule is CCNC(=O)CN(CC)C(=O)/C=C/c1ccc(Cl)c(C(F)(F)F)c1. The fourth-order valence-electron chi connectivity index (χ4n) is 1.91. The second kappa shape index (κ2) is 8.73. The van der Waals surface area contributed by atoms with E-state index in [4.69, 9.17) is 11.6 Å². The Balaban J connectivity index is 2.87. The molecule has 0 saturated carbocycles. The number of hydrogen-bond acceptors (Lipinski definition) is 2. The fraction of sp³-hybridized carbons (Fsp3) is 0.375. The smallest absolute Gasteiger partial charge is 0.355 e. The first-order chi connectivity index (χ1) is 11.2. The Kier molecular flexibility index (Phi) is 7.28. The van der Waals surface area contributed by atoms with Crippen molar-refractivity contribution in [3.05, 3.63) is 40.4 Å². The average Bonchev–Trinajstić information content (AvgIpc) is 2.50. The van der Waals surface area contributed by atoms with Crippen molar-refractivity contribution in [2.75, 3.05) is 19.6 Å². The van der Waals surface area contributed by atoms with Gasteiger partial charge in [-0.3, -0.25) is 9.59 Å². The van der Waals surface area contributed by atoms with Gasteiger partial charge in [-0.05, 0) is 37.6 Å². The zero-order chi connectivity index (χ0) is 18.3. The third kappa shape index (κ3) is 5.88. The minimum Gasteiger partial charge on any atom is -0.355 e. The van der Waals surface area contributed by atoms with Crippen molar-refractivity contribution in [2.24, 2.45) is 0 Å². The van der Waals surface area contributed by atoms with Crippen molar-refractivity contribution < 1.29 is 22.8 Å². The molecule has 0 radical (unpaired) electrons. The molecule has 0 aromatic heterocycles. The molecule has 0 heterocycles.